The Bertz CT molecular complexity index is 476. The van der Waals surface area contributed by atoms with Gasteiger partial charge in [0.25, 0.3) is 0 Å². The summed E-state index contributed by atoms with van der Waals surface area (Å²) >= 11 is 9.60. The smallest absolute Gasteiger partial charge is 0.414 e. The van der Waals surface area contributed by atoms with E-state index in [1.54, 1.807) is 4.90 Å². The predicted molar refractivity (Wildman–Crippen MR) is 76.4 cm³/mol. The first kappa shape index (κ1) is 13.7. The van der Waals surface area contributed by atoms with E-state index in [4.69, 9.17) is 16.3 Å². The van der Waals surface area contributed by atoms with Crippen LogP contribution in [0, 0.1) is 5.92 Å². The Morgan fingerprint density at radius 3 is 2.94 bits per heavy atom. The number of anilines is 1. The van der Waals surface area contributed by atoms with Gasteiger partial charge in [-0.05, 0) is 46.0 Å². The molecule has 1 heterocycles. The first-order chi connectivity index (χ1) is 8.50. The van der Waals surface area contributed by atoms with Gasteiger partial charge < -0.3 is 4.74 Å². The van der Waals surface area contributed by atoms with Crippen LogP contribution in [0.25, 0.3) is 0 Å². The fourth-order valence-corrected chi connectivity index (χ4v) is 2.55. The number of ether oxygens (including phenoxy) is 1. The average molecular weight is 333 g/mol. The Kier molecular flexibility index (Phi) is 4.17. The first-order valence-corrected chi connectivity index (χ1v) is 7.09. The van der Waals surface area contributed by atoms with Crippen molar-refractivity contribution in [2.75, 3.05) is 18.1 Å². The van der Waals surface area contributed by atoms with Crippen molar-refractivity contribution in [2.24, 2.45) is 5.92 Å². The van der Waals surface area contributed by atoms with Gasteiger partial charge in [-0.15, -0.1) is 0 Å². The van der Waals surface area contributed by atoms with Crippen molar-refractivity contribution in [3.63, 3.8) is 0 Å². The van der Waals surface area contributed by atoms with Crippen molar-refractivity contribution < 1.29 is 9.53 Å². The van der Waals surface area contributed by atoms with E-state index in [-0.39, 0.29) is 6.09 Å². The van der Waals surface area contributed by atoms with E-state index in [0.29, 0.717) is 24.1 Å². The highest BCUT2D eigenvalue weighted by molar-refractivity contribution is 9.10. The second-order valence-electron chi connectivity index (χ2n) is 4.73. The van der Waals surface area contributed by atoms with Gasteiger partial charge in [0.2, 0.25) is 0 Å². The van der Waals surface area contributed by atoms with Crippen LogP contribution in [0.4, 0.5) is 10.5 Å². The van der Waals surface area contributed by atoms with Crippen LogP contribution in [0.1, 0.15) is 19.4 Å². The number of amides is 1. The van der Waals surface area contributed by atoms with Crippen LogP contribution in [-0.2, 0) is 11.2 Å². The molecule has 3 nitrogen and oxygen atoms in total. The number of fused-ring (bicyclic) bond motifs is 1. The monoisotopic (exact) mass is 331 g/mol. The summed E-state index contributed by atoms with van der Waals surface area (Å²) in [6, 6.07) is 3.75. The summed E-state index contributed by atoms with van der Waals surface area (Å²) in [4.78, 5) is 13.6. The van der Waals surface area contributed by atoms with Crippen molar-refractivity contribution in [1.29, 1.82) is 0 Å². The molecule has 98 valence electrons. The third-order valence-electron chi connectivity index (χ3n) is 2.81. The van der Waals surface area contributed by atoms with Gasteiger partial charge in [0, 0.05) is 11.0 Å². The maximum atomic E-state index is 12.0. The van der Waals surface area contributed by atoms with E-state index >= 15 is 0 Å². The average Bonchev–Trinajstić information content (AvgIpc) is 2.75. The van der Waals surface area contributed by atoms with Crippen LogP contribution in [0.5, 0.6) is 0 Å². The number of carbonyl (C=O) groups excluding carboxylic acids is 1. The minimum Gasteiger partial charge on any atom is -0.449 e. The number of hydrogen-bond acceptors (Lipinski definition) is 2. The minimum atomic E-state index is -0.291. The molecule has 0 N–H and O–H groups in total. The summed E-state index contributed by atoms with van der Waals surface area (Å²) in [5.74, 6) is 0.338. The van der Waals surface area contributed by atoms with Gasteiger partial charge in [0.1, 0.15) is 0 Å². The molecule has 2 rings (SSSR count). The SMILES string of the molecule is CC(C)COC(=O)N1CCc2c1ccc(Br)c2Cl. The third-order valence-corrected chi connectivity index (χ3v) is 4.13. The number of carbonyl (C=O) groups is 1. The summed E-state index contributed by atoms with van der Waals surface area (Å²) in [5, 5.41) is 0.687. The molecule has 0 saturated carbocycles. The van der Waals surface area contributed by atoms with Crippen molar-refractivity contribution in [3.8, 4) is 0 Å². The minimum absolute atomic E-state index is 0.291. The largest absolute Gasteiger partial charge is 0.449 e. The Labute approximate surface area is 120 Å². The molecule has 5 heteroatoms. The zero-order chi connectivity index (χ0) is 13.3. The van der Waals surface area contributed by atoms with Gasteiger partial charge in [0.15, 0.2) is 0 Å². The molecule has 0 bridgehead atoms. The van der Waals surface area contributed by atoms with Crippen LogP contribution < -0.4 is 4.90 Å². The topological polar surface area (TPSA) is 29.5 Å². The lowest BCUT2D eigenvalue weighted by atomic mass is 10.2. The lowest BCUT2D eigenvalue weighted by Crippen LogP contribution is -2.30. The van der Waals surface area contributed by atoms with Crippen LogP contribution in [0.3, 0.4) is 0 Å². The quantitative estimate of drug-likeness (QED) is 0.810. The molecule has 0 aliphatic carbocycles. The van der Waals surface area contributed by atoms with Gasteiger partial charge in [-0.3, -0.25) is 4.90 Å². The van der Waals surface area contributed by atoms with Gasteiger partial charge in [-0.1, -0.05) is 25.4 Å². The highest BCUT2D eigenvalue weighted by Gasteiger charge is 2.28. The molecule has 0 radical (unpaired) electrons. The Morgan fingerprint density at radius 1 is 1.56 bits per heavy atom. The number of rotatable bonds is 2. The molecule has 0 unspecified atom stereocenters. The molecule has 0 spiro atoms. The second-order valence-corrected chi connectivity index (χ2v) is 5.96. The van der Waals surface area contributed by atoms with E-state index in [1.807, 2.05) is 26.0 Å². The third kappa shape index (κ3) is 2.64. The molecule has 0 atom stereocenters. The van der Waals surface area contributed by atoms with Crippen LogP contribution in [0.15, 0.2) is 16.6 Å². The fraction of sp³-hybridized carbons (Fsp3) is 0.462. The number of nitrogens with zero attached hydrogens (tertiary/aromatic N) is 1. The summed E-state index contributed by atoms with van der Waals surface area (Å²) in [6.07, 6.45) is 0.477. The molecule has 1 amide bonds. The van der Waals surface area contributed by atoms with Gasteiger partial charge in [-0.2, -0.15) is 0 Å². The van der Waals surface area contributed by atoms with E-state index in [0.717, 1.165) is 22.1 Å². The molecule has 0 aromatic heterocycles. The zero-order valence-corrected chi connectivity index (χ0v) is 12.7. The molecule has 0 fully saturated rings. The van der Waals surface area contributed by atoms with Crippen molar-refractivity contribution in [1.82, 2.24) is 0 Å². The van der Waals surface area contributed by atoms with Crippen molar-refractivity contribution in [2.45, 2.75) is 20.3 Å². The molecule has 1 aromatic carbocycles. The lowest BCUT2D eigenvalue weighted by molar-refractivity contribution is 0.140. The number of halogens is 2. The zero-order valence-electron chi connectivity index (χ0n) is 10.4. The highest BCUT2D eigenvalue weighted by Crippen LogP contribution is 2.38. The van der Waals surface area contributed by atoms with Gasteiger partial charge in [-0.25, -0.2) is 4.79 Å². The lowest BCUT2D eigenvalue weighted by Gasteiger charge is -2.18. The van der Waals surface area contributed by atoms with E-state index in [9.17, 15) is 4.79 Å². The summed E-state index contributed by atoms with van der Waals surface area (Å²) < 4.78 is 6.11. The first-order valence-electron chi connectivity index (χ1n) is 5.92. The second kappa shape index (κ2) is 5.49. The van der Waals surface area contributed by atoms with Crippen LogP contribution in [-0.4, -0.2) is 19.2 Å². The van der Waals surface area contributed by atoms with E-state index in [2.05, 4.69) is 15.9 Å². The van der Waals surface area contributed by atoms with Gasteiger partial charge >= 0.3 is 6.09 Å². The summed E-state index contributed by atoms with van der Waals surface area (Å²) in [6.45, 7) is 5.09. The van der Waals surface area contributed by atoms with Crippen LogP contribution >= 0.6 is 27.5 Å². The van der Waals surface area contributed by atoms with E-state index in [1.165, 1.54) is 0 Å². The number of hydrogen-bond donors (Lipinski definition) is 0. The normalized spacial score (nSPS) is 13.9. The molecule has 1 aliphatic heterocycles. The highest BCUT2D eigenvalue weighted by atomic mass is 79.9. The molecular weight excluding hydrogens is 318 g/mol. The van der Waals surface area contributed by atoms with E-state index < -0.39 is 0 Å². The molecule has 1 aromatic rings. The summed E-state index contributed by atoms with van der Waals surface area (Å²) in [5.41, 5.74) is 1.87. The standard InChI is InChI=1S/C13H15BrClNO2/c1-8(2)7-18-13(17)16-6-5-9-11(16)4-3-10(14)12(9)15/h3-4,8H,5-7H2,1-2H3. The Hall–Kier alpha value is -0.740. The molecule has 18 heavy (non-hydrogen) atoms. The maximum Gasteiger partial charge on any atom is 0.414 e. The number of benzene rings is 1. The Morgan fingerprint density at radius 2 is 2.28 bits per heavy atom. The van der Waals surface area contributed by atoms with Crippen molar-refractivity contribution >= 4 is 39.3 Å². The van der Waals surface area contributed by atoms with Crippen LogP contribution in [0.2, 0.25) is 5.02 Å². The predicted octanol–water partition coefficient (Wildman–Crippen LogP) is 4.26. The molecular formula is C13H15BrClNO2. The Balaban J connectivity index is 2.17. The molecule has 0 saturated heterocycles. The summed E-state index contributed by atoms with van der Waals surface area (Å²) in [7, 11) is 0. The fourth-order valence-electron chi connectivity index (χ4n) is 1.92. The molecule has 1 aliphatic rings. The maximum absolute atomic E-state index is 12.0. The van der Waals surface area contributed by atoms with Crippen molar-refractivity contribution in [3.05, 3.63) is 27.2 Å². The van der Waals surface area contributed by atoms with Gasteiger partial charge in [0.05, 0.1) is 17.3 Å².